The van der Waals surface area contributed by atoms with Crippen LogP contribution in [0.5, 0.6) is 5.75 Å². The van der Waals surface area contributed by atoms with Gasteiger partial charge in [-0.15, -0.1) is 0 Å². The lowest BCUT2D eigenvalue weighted by Gasteiger charge is -2.09. The Balaban J connectivity index is 1.46. The van der Waals surface area contributed by atoms with Crippen molar-refractivity contribution in [3.63, 3.8) is 0 Å². The van der Waals surface area contributed by atoms with Crippen molar-refractivity contribution in [2.45, 2.75) is 19.3 Å². The smallest absolute Gasteiger partial charge is 0.228 e. The van der Waals surface area contributed by atoms with E-state index in [0.29, 0.717) is 18.1 Å². The van der Waals surface area contributed by atoms with E-state index in [1.54, 1.807) is 12.1 Å². The molecule has 0 spiro atoms. The Bertz CT molecular complexity index is 863. The van der Waals surface area contributed by atoms with E-state index in [0.717, 1.165) is 29.8 Å². The number of benzene rings is 3. The minimum absolute atomic E-state index is 0.0708. The number of amides is 1. The third-order valence-corrected chi connectivity index (χ3v) is 4.37. The molecule has 0 fully saturated rings. The Morgan fingerprint density at radius 1 is 0.889 bits per heavy atom. The van der Waals surface area contributed by atoms with Crippen LogP contribution in [-0.4, -0.2) is 12.5 Å². The van der Waals surface area contributed by atoms with Crippen molar-refractivity contribution >= 4 is 23.2 Å². The highest BCUT2D eigenvalue weighted by Gasteiger charge is 2.05. The lowest BCUT2D eigenvalue weighted by molar-refractivity contribution is -0.115. The zero-order valence-electron chi connectivity index (χ0n) is 15.0. The number of hydrogen-bond acceptors (Lipinski definition) is 2. The fourth-order valence-electron chi connectivity index (χ4n) is 2.77. The fraction of sp³-hybridized carbons (Fsp3) is 0.174. The molecule has 4 heteroatoms. The second-order valence-electron chi connectivity index (χ2n) is 6.32. The molecule has 0 saturated heterocycles. The summed E-state index contributed by atoms with van der Waals surface area (Å²) in [5.74, 6) is 0.686. The fourth-order valence-corrected chi connectivity index (χ4v) is 2.89. The van der Waals surface area contributed by atoms with Crippen molar-refractivity contribution in [2.75, 3.05) is 11.9 Å². The first-order valence-electron chi connectivity index (χ1n) is 9.00. The Morgan fingerprint density at radius 3 is 2.44 bits per heavy atom. The molecule has 27 heavy (non-hydrogen) atoms. The van der Waals surface area contributed by atoms with Crippen LogP contribution in [0.3, 0.4) is 0 Å². The molecule has 3 aromatic rings. The minimum atomic E-state index is -0.0708. The minimum Gasteiger partial charge on any atom is -0.494 e. The second kappa shape index (κ2) is 9.79. The molecule has 0 heterocycles. The summed E-state index contributed by atoms with van der Waals surface area (Å²) in [6.07, 6.45) is 2.23. The van der Waals surface area contributed by atoms with Gasteiger partial charge in [-0.2, -0.15) is 0 Å². The highest BCUT2D eigenvalue weighted by atomic mass is 35.5. The maximum absolute atomic E-state index is 12.2. The summed E-state index contributed by atoms with van der Waals surface area (Å²) in [5.41, 5.74) is 2.96. The molecule has 1 N–H and O–H groups in total. The molecule has 0 saturated carbocycles. The number of rotatable bonds is 8. The third-order valence-electron chi connectivity index (χ3n) is 4.12. The largest absolute Gasteiger partial charge is 0.494 e. The Hall–Kier alpha value is -2.78. The number of aryl methyl sites for hydroxylation is 1. The SMILES string of the molecule is O=C(Cc1ccc(Cl)cc1)Nc1cccc(OCCCc2ccccc2)c1. The molecule has 0 aromatic heterocycles. The summed E-state index contributed by atoms with van der Waals surface area (Å²) in [5, 5.41) is 3.57. The summed E-state index contributed by atoms with van der Waals surface area (Å²) in [7, 11) is 0. The van der Waals surface area contributed by atoms with Crippen LogP contribution in [0.25, 0.3) is 0 Å². The van der Waals surface area contributed by atoms with Gasteiger partial charge in [0.25, 0.3) is 0 Å². The first-order chi connectivity index (χ1) is 13.2. The molecule has 0 aliphatic carbocycles. The predicted octanol–water partition coefficient (Wildman–Crippen LogP) is 5.53. The summed E-state index contributed by atoms with van der Waals surface area (Å²) in [6, 6.07) is 25.1. The molecule has 0 radical (unpaired) electrons. The third kappa shape index (κ3) is 6.46. The zero-order valence-corrected chi connectivity index (χ0v) is 15.8. The van der Waals surface area contributed by atoms with Crippen LogP contribution in [0.2, 0.25) is 5.02 Å². The monoisotopic (exact) mass is 379 g/mol. The van der Waals surface area contributed by atoms with Gasteiger partial charge in [-0.05, 0) is 48.2 Å². The van der Waals surface area contributed by atoms with Crippen molar-refractivity contribution in [1.82, 2.24) is 0 Å². The van der Waals surface area contributed by atoms with Crippen molar-refractivity contribution < 1.29 is 9.53 Å². The number of carbonyl (C=O) groups is 1. The van der Waals surface area contributed by atoms with Crippen LogP contribution < -0.4 is 10.1 Å². The van der Waals surface area contributed by atoms with Gasteiger partial charge in [0.1, 0.15) is 5.75 Å². The topological polar surface area (TPSA) is 38.3 Å². The van der Waals surface area contributed by atoms with Crippen LogP contribution in [-0.2, 0) is 17.6 Å². The molecule has 138 valence electrons. The first kappa shape index (κ1) is 19.0. The van der Waals surface area contributed by atoms with E-state index in [9.17, 15) is 4.79 Å². The number of halogens is 1. The average molecular weight is 380 g/mol. The zero-order chi connectivity index (χ0) is 18.9. The highest BCUT2D eigenvalue weighted by Crippen LogP contribution is 2.18. The van der Waals surface area contributed by atoms with Gasteiger partial charge in [0.2, 0.25) is 5.91 Å². The van der Waals surface area contributed by atoms with Gasteiger partial charge in [0.05, 0.1) is 13.0 Å². The van der Waals surface area contributed by atoms with Crippen molar-refractivity contribution in [2.24, 2.45) is 0 Å². The number of ether oxygens (including phenoxy) is 1. The van der Waals surface area contributed by atoms with E-state index in [2.05, 4.69) is 17.4 Å². The molecule has 3 rings (SSSR count). The van der Waals surface area contributed by atoms with E-state index < -0.39 is 0 Å². The lowest BCUT2D eigenvalue weighted by atomic mass is 10.1. The van der Waals surface area contributed by atoms with Crippen molar-refractivity contribution in [1.29, 1.82) is 0 Å². The van der Waals surface area contributed by atoms with E-state index in [1.807, 2.05) is 54.6 Å². The molecule has 0 atom stereocenters. The Morgan fingerprint density at radius 2 is 1.67 bits per heavy atom. The van der Waals surface area contributed by atoms with E-state index >= 15 is 0 Å². The molecule has 3 nitrogen and oxygen atoms in total. The normalized spacial score (nSPS) is 10.4. The quantitative estimate of drug-likeness (QED) is 0.522. The predicted molar refractivity (Wildman–Crippen MR) is 110 cm³/mol. The highest BCUT2D eigenvalue weighted by molar-refractivity contribution is 6.30. The maximum Gasteiger partial charge on any atom is 0.228 e. The summed E-state index contributed by atoms with van der Waals surface area (Å²) in [6.45, 7) is 0.636. The standard InChI is InChI=1S/C23H22ClNO2/c24-20-13-11-19(12-14-20)16-23(26)25-21-9-4-10-22(17-21)27-15-5-8-18-6-2-1-3-7-18/h1-4,6-7,9-14,17H,5,8,15-16H2,(H,25,26). The number of nitrogens with one attached hydrogen (secondary N) is 1. The van der Waals surface area contributed by atoms with Gasteiger partial charge in [0.15, 0.2) is 0 Å². The molecular formula is C23H22ClNO2. The van der Waals surface area contributed by atoms with Crippen molar-refractivity contribution in [3.8, 4) is 5.75 Å². The van der Waals surface area contributed by atoms with Crippen LogP contribution in [0, 0.1) is 0 Å². The molecule has 0 aliphatic heterocycles. The number of carbonyl (C=O) groups excluding carboxylic acids is 1. The van der Waals surface area contributed by atoms with Gasteiger partial charge < -0.3 is 10.1 Å². The van der Waals surface area contributed by atoms with Crippen LogP contribution in [0.15, 0.2) is 78.9 Å². The lowest BCUT2D eigenvalue weighted by Crippen LogP contribution is -2.14. The molecule has 1 amide bonds. The van der Waals surface area contributed by atoms with Crippen LogP contribution in [0.4, 0.5) is 5.69 Å². The van der Waals surface area contributed by atoms with Gasteiger partial charge >= 0.3 is 0 Å². The van der Waals surface area contributed by atoms with Crippen LogP contribution >= 0.6 is 11.6 Å². The summed E-state index contributed by atoms with van der Waals surface area (Å²) < 4.78 is 5.82. The molecule has 0 aliphatic rings. The summed E-state index contributed by atoms with van der Waals surface area (Å²) >= 11 is 5.87. The molecule has 0 unspecified atom stereocenters. The van der Waals surface area contributed by atoms with Crippen molar-refractivity contribution in [3.05, 3.63) is 95.0 Å². The molecule has 0 bridgehead atoms. The summed E-state index contributed by atoms with van der Waals surface area (Å²) in [4.78, 5) is 12.2. The van der Waals surface area contributed by atoms with Gasteiger partial charge in [-0.3, -0.25) is 4.79 Å². The van der Waals surface area contributed by atoms with E-state index in [-0.39, 0.29) is 5.91 Å². The van der Waals surface area contributed by atoms with E-state index in [4.69, 9.17) is 16.3 Å². The Kier molecular flexibility index (Phi) is 6.89. The van der Waals surface area contributed by atoms with Gasteiger partial charge in [-0.1, -0.05) is 60.1 Å². The molecular weight excluding hydrogens is 358 g/mol. The number of anilines is 1. The second-order valence-corrected chi connectivity index (χ2v) is 6.75. The Labute approximate surface area is 164 Å². The van der Waals surface area contributed by atoms with Gasteiger partial charge in [-0.25, -0.2) is 0 Å². The molecule has 3 aromatic carbocycles. The maximum atomic E-state index is 12.2. The van der Waals surface area contributed by atoms with E-state index in [1.165, 1.54) is 5.56 Å². The van der Waals surface area contributed by atoms with Crippen LogP contribution in [0.1, 0.15) is 17.5 Å². The van der Waals surface area contributed by atoms with Gasteiger partial charge in [0, 0.05) is 16.8 Å². The average Bonchev–Trinajstić information content (AvgIpc) is 2.68. The number of hydrogen-bond donors (Lipinski definition) is 1. The first-order valence-corrected chi connectivity index (χ1v) is 9.38.